The number of rotatable bonds is 4. The van der Waals surface area contributed by atoms with Crippen LogP contribution in [-0.4, -0.2) is 5.97 Å². The third-order valence-electron chi connectivity index (χ3n) is 6.35. The van der Waals surface area contributed by atoms with Crippen LogP contribution in [0.25, 0.3) is 6.08 Å². The molecule has 0 aromatic heterocycles. The number of esters is 1. The molecule has 0 bridgehead atoms. The Morgan fingerprint density at radius 3 is 2.00 bits per heavy atom. The van der Waals surface area contributed by atoms with Crippen molar-refractivity contribution in [1.82, 2.24) is 0 Å². The van der Waals surface area contributed by atoms with Crippen LogP contribution in [-0.2, 0) is 9.53 Å². The van der Waals surface area contributed by atoms with E-state index < -0.39 is 0 Å². The molecule has 2 aliphatic rings. The third kappa shape index (κ3) is 3.40. The van der Waals surface area contributed by atoms with Crippen LogP contribution in [0.15, 0.2) is 91.0 Å². The Hall–Kier alpha value is -3.13. The minimum absolute atomic E-state index is 0.0749. The first kappa shape index (κ1) is 17.9. The molecule has 0 aliphatic heterocycles. The summed E-state index contributed by atoms with van der Waals surface area (Å²) in [6.45, 7) is 0. The molecule has 3 aromatic rings. The molecule has 0 heterocycles. The van der Waals surface area contributed by atoms with E-state index in [1.807, 2.05) is 24.3 Å². The van der Waals surface area contributed by atoms with Gasteiger partial charge in [-0.3, -0.25) is 4.79 Å². The van der Waals surface area contributed by atoms with E-state index >= 15 is 0 Å². The van der Waals surface area contributed by atoms with Gasteiger partial charge in [0.05, 0.1) is 5.92 Å². The summed E-state index contributed by atoms with van der Waals surface area (Å²) in [5.74, 6) is 0.207. The normalized spacial score (nSPS) is 25.0. The first-order valence-electron chi connectivity index (χ1n) is 10.4. The van der Waals surface area contributed by atoms with Gasteiger partial charge in [-0.15, -0.1) is 0 Å². The number of carbonyl (C=O) groups excluding carboxylic acids is 1. The van der Waals surface area contributed by atoms with Crippen molar-refractivity contribution in [2.75, 3.05) is 0 Å². The number of benzene rings is 3. The molecule has 2 heteroatoms. The summed E-state index contributed by atoms with van der Waals surface area (Å²) in [5.41, 5.74) is 4.70. The van der Waals surface area contributed by atoms with E-state index in [1.54, 1.807) is 0 Å². The maximum atomic E-state index is 13.4. The van der Waals surface area contributed by atoms with Crippen molar-refractivity contribution >= 4 is 12.0 Å². The van der Waals surface area contributed by atoms with Gasteiger partial charge in [0, 0.05) is 6.42 Å². The number of fused-ring (bicyclic) bond motifs is 1. The standard InChI is InChI=1S/C27H24O2/c28-27(29-25-17-9-15-19-14-7-8-16-22(19)25)26-23(20-10-3-1-4-11-20)18-24(26)21-12-5-2-6-13-21/h1-16,23-26H,17-18H2. The second kappa shape index (κ2) is 7.71. The quantitative estimate of drug-likeness (QED) is 0.498. The molecule has 1 saturated carbocycles. The second-order valence-electron chi connectivity index (χ2n) is 7.99. The predicted molar refractivity (Wildman–Crippen MR) is 115 cm³/mol. The molecule has 3 atom stereocenters. The fraction of sp³-hybridized carbons (Fsp3) is 0.222. The van der Waals surface area contributed by atoms with Crippen LogP contribution in [0.2, 0.25) is 0 Å². The highest BCUT2D eigenvalue weighted by molar-refractivity contribution is 5.77. The number of hydrogen-bond donors (Lipinski definition) is 0. The Morgan fingerprint density at radius 2 is 1.34 bits per heavy atom. The summed E-state index contributed by atoms with van der Waals surface area (Å²) in [5, 5.41) is 0. The molecule has 2 nitrogen and oxygen atoms in total. The molecular formula is C27H24O2. The molecule has 2 aliphatic carbocycles. The zero-order valence-electron chi connectivity index (χ0n) is 16.3. The first-order chi connectivity index (χ1) is 14.3. The fourth-order valence-electron chi connectivity index (χ4n) is 4.80. The monoisotopic (exact) mass is 380 g/mol. The SMILES string of the molecule is O=C(OC1CC=Cc2ccccc21)C1C(c2ccccc2)CC1c1ccccc1. The van der Waals surface area contributed by atoms with E-state index in [0.29, 0.717) is 0 Å². The lowest BCUT2D eigenvalue weighted by Gasteiger charge is -2.44. The Balaban J connectivity index is 1.42. The van der Waals surface area contributed by atoms with Gasteiger partial charge in [-0.05, 0) is 40.5 Å². The molecule has 144 valence electrons. The van der Waals surface area contributed by atoms with E-state index in [-0.39, 0.29) is 29.8 Å². The van der Waals surface area contributed by atoms with Gasteiger partial charge in [-0.1, -0.05) is 97.1 Å². The Labute approximate surface area is 171 Å². The minimum Gasteiger partial charge on any atom is -0.457 e. The van der Waals surface area contributed by atoms with Crippen molar-refractivity contribution in [3.05, 3.63) is 113 Å². The van der Waals surface area contributed by atoms with Crippen LogP contribution in [0, 0.1) is 5.92 Å². The molecule has 0 spiro atoms. The van der Waals surface area contributed by atoms with Crippen LogP contribution >= 0.6 is 0 Å². The Kier molecular flexibility index (Phi) is 4.77. The smallest absolute Gasteiger partial charge is 0.310 e. The van der Waals surface area contributed by atoms with Gasteiger partial charge in [0.15, 0.2) is 0 Å². The zero-order valence-corrected chi connectivity index (χ0v) is 16.3. The predicted octanol–water partition coefficient (Wildman–Crippen LogP) is 6.28. The van der Waals surface area contributed by atoms with Crippen LogP contribution in [0.4, 0.5) is 0 Å². The van der Waals surface area contributed by atoms with Crippen molar-refractivity contribution in [3.8, 4) is 0 Å². The lowest BCUT2D eigenvalue weighted by molar-refractivity contribution is -0.160. The van der Waals surface area contributed by atoms with Gasteiger partial charge in [0.1, 0.15) is 6.10 Å². The van der Waals surface area contributed by atoms with Crippen molar-refractivity contribution in [3.63, 3.8) is 0 Å². The second-order valence-corrected chi connectivity index (χ2v) is 7.99. The van der Waals surface area contributed by atoms with Crippen LogP contribution in [0.1, 0.15) is 53.0 Å². The summed E-state index contributed by atoms with van der Waals surface area (Å²) in [6.07, 6.45) is 5.74. The summed E-state index contributed by atoms with van der Waals surface area (Å²) in [6, 6.07) is 29.0. The molecule has 1 fully saturated rings. The maximum absolute atomic E-state index is 13.4. The van der Waals surface area contributed by atoms with Crippen molar-refractivity contribution < 1.29 is 9.53 Å². The molecule has 3 aromatic carbocycles. The van der Waals surface area contributed by atoms with Gasteiger partial charge < -0.3 is 4.74 Å². The van der Waals surface area contributed by atoms with Crippen LogP contribution < -0.4 is 0 Å². The van der Waals surface area contributed by atoms with Gasteiger partial charge in [0.25, 0.3) is 0 Å². The molecule has 0 amide bonds. The molecule has 0 radical (unpaired) electrons. The Bertz CT molecular complexity index is 977. The third-order valence-corrected chi connectivity index (χ3v) is 6.35. The van der Waals surface area contributed by atoms with Crippen LogP contribution in [0.3, 0.4) is 0 Å². The fourth-order valence-corrected chi connectivity index (χ4v) is 4.80. The van der Waals surface area contributed by atoms with E-state index in [9.17, 15) is 4.79 Å². The highest BCUT2D eigenvalue weighted by atomic mass is 16.5. The van der Waals surface area contributed by atoms with Crippen molar-refractivity contribution in [2.24, 2.45) is 5.92 Å². The van der Waals surface area contributed by atoms with Gasteiger partial charge in [-0.25, -0.2) is 0 Å². The molecule has 5 rings (SSSR count). The van der Waals surface area contributed by atoms with E-state index in [2.05, 4.69) is 72.8 Å². The van der Waals surface area contributed by atoms with E-state index in [0.717, 1.165) is 24.0 Å². The maximum Gasteiger partial charge on any atom is 0.310 e. The lowest BCUT2D eigenvalue weighted by atomic mass is 9.60. The van der Waals surface area contributed by atoms with Crippen molar-refractivity contribution in [1.29, 1.82) is 0 Å². The summed E-state index contributed by atoms with van der Waals surface area (Å²) < 4.78 is 6.14. The molecule has 0 saturated heterocycles. The summed E-state index contributed by atoms with van der Waals surface area (Å²) in [4.78, 5) is 13.4. The largest absolute Gasteiger partial charge is 0.457 e. The summed E-state index contributed by atoms with van der Waals surface area (Å²) >= 11 is 0. The lowest BCUT2D eigenvalue weighted by Crippen LogP contribution is -2.40. The molecule has 29 heavy (non-hydrogen) atoms. The topological polar surface area (TPSA) is 26.3 Å². The van der Waals surface area contributed by atoms with E-state index in [1.165, 1.54) is 11.1 Å². The van der Waals surface area contributed by atoms with Crippen molar-refractivity contribution in [2.45, 2.75) is 30.8 Å². The minimum atomic E-state index is -0.197. The molecule has 3 unspecified atom stereocenters. The van der Waals surface area contributed by atoms with E-state index in [4.69, 9.17) is 4.74 Å². The van der Waals surface area contributed by atoms with Crippen LogP contribution in [0.5, 0.6) is 0 Å². The average molecular weight is 380 g/mol. The zero-order chi connectivity index (χ0) is 19.6. The van der Waals surface area contributed by atoms with Gasteiger partial charge in [-0.2, -0.15) is 0 Å². The highest BCUT2D eigenvalue weighted by Crippen LogP contribution is 2.53. The number of carbonyl (C=O) groups is 1. The highest BCUT2D eigenvalue weighted by Gasteiger charge is 2.48. The van der Waals surface area contributed by atoms with Gasteiger partial charge >= 0.3 is 5.97 Å². The Morgan fingerprint density at radius 1 is 0.759 bits per heavy atom. The molecular weight excluding hydrogens is 356 g/mol. The number of hydrogen-bond acceptors (Lipinski definition) is 2. The summed E-state index contributed by atoms with van der Waals surface area (Å²) in [7, 11) is 0. The number of ether oxygens (including phenoxy) is 1. The molecule has 0 N–H and O–H groups in total. The average Bonchev–Trinajstić information content (AvgIpc) is 2.75. The first-order valence-corrected chi connectivity index (χ1v) is 10.4. The van der Waals surface area contributed by atoms with Gasteiger partial charge in [0.2, 0.25) is 0 Å².